The van der Waals surface area contributed by atoms with Crippen LogP contribution in [-0.4, -0.2) is 9.55 Å². The molecule has 1 aromatic heterocycles. The largest absolute Gasteiger partial charge is 0.326 e. The fourth-order valence-electron chi connectivity index (χ4n) is 2.15. The van der Waals surface area contributed by atoms with Crippen molar-refractivity contribution in [3.05, 3.63) is 29.6 Å². The number of rotatable bonds is 4. The van der Waals surface area contributed by atoms with Crippen LogP contribution < -0.4 is 0 Å². The van der Waals surface area contributed by atoms with Gasteiger partial charge in [-0.3, -0.25) is 0 Å². The Kier molecular flexibility index (Phi) is 4.06. The Bertz CT molecular complexity index is 662. The maximum Gasteiger partial charge on any atom is 0.124 e. The Hall–Kier alpha value is -1.53. The first-order chi connectivity index (χ1) is 9.40. The fourth-order valence-corrected chi connectivity index (χ4v) is 2.36. The smallest absolute Gasteiger partial charge is 0.124 e. The highest BCUT2D eigenvalue weighted by atomic mass is 35.5. The first-order valence-corrected chi connectivity index (χ1v) is 7.38. The lowest BCUT2D eigenvalue weighted by Crippen LogP contribution is -2.26. The summed E-state index contributed by atoms with van der Waals surface area (Å²) in [6, 6.07) is 7.91. The summed E-state index contributed by atoms with van der Waals surface area (Å²) in [4.78, 5) is 4.55. The van der Waals surface area contributed by atoms with E-state index in [0.717, 1.165) is 23.4 Å². The van der Waals surface area contributed by atoms with E-state index in [0.29, 0.717) is 17.4 Å². The van der Waals surface area contributed by atoms with Crippen molar-refractivity contribution in [2.45, 2.75) is 40.1 Å². The van der Waals surface area contributed by atoms with Crippen LogP contribution in [-0.2, 0) is 12.4 Å². The molecular formula is C16H20ClN3. The van der Waals surface area contributed by atoms with E-state index in [9.17, 15) is 5.26 Å². The Morgan fingerprint density at radius 3 is 2.65 bits per heavy atom. The van der Waals surface area contributed by atoms with Crippen molar-refractivity contribution in [1.82, 2.24) is 9.55 Å². The van der Waals surface area contributed by atoms with Crippen LogP contribution in [0, 0.1) is 22.7 Å². The topological polar surface area (TPSA) is 41.6 Å². The van der Waals surface area contributed by atoms with E-state index in [1.54, 1.807) is 6.07 Å². The zero-order valence-electron chi connectivity index (χ0n) is 12.4. The van der Waals surface area contributed by atoms with Gasteiger partial charge in [-0.1, -0.05) is 33.8 Å². The molecule has 1 aromatic carbocycles. The molecule has 2 aromatic rings. The lowest BCUT2D eigenvalue weighted by atomic mass is 9.81. The summed E-state index contributed by atoms with van der Waals surface area (Å²) in [6.07, 6.45) is 0. The summed E-state index contributed by atoms with van der Waals surface area (Å²) in [6.45, 7) is 9.78. The Morgan fingerprint density at radius 2 is 2.10 bits per heavy atom. The fraction of sp³-hybridized carbons (Fsp3) is 0.500. The third-order valence-electron chi connectivity index (χ3n) is 4.23. The number of nitriles is 1. The molecule has 0 fully saturated rings. The van der Waals surface area contributed by atoms with Crippen molar-refractivity contribution in [3.8, 4) is 6.07 Å². The van der Waals surface area contributed by atoms with E-state index in [4.69, 9.17) is 11.6 Å². The average Bonchev–Trinajstić information content (AvgIpc) is 2.76. The maximum absolute atomic E-state index is 9.20. The molecule has 106 valence electrons. The molecule has 0 bridgehead atoms. The summed E-state index contributed by atoms with van der Waals surface area (Å²) in [5, 5.41) is 9.20. The van der Waals surface area contributed by atoms with Crippen LogP contribution in [0.5, 0.6) is 0 Å². The quantitative estimate of drug-likeness (QED) is 0.786. The van der Waals surface area contributed by atoms with Crippen molar-refractivity contribution in [3.63, 3.8) is 0 Å². The predicted octanol–water partition coefficient (Wildman–Crippen LogP) is 4.33. The molecule has 0 saturated carbocycles. The number of hydrogen-bond donors (Lipinski definition) is 0. The molecule has 20 heavy (non-hydrogen) atoms. The molecule has 0 saturated heterocycles. The van der Waals surface area contributed by atoms with Crippen molar-refractivity contribution in [2.75, 3.05) is 0 Å². The average molecular weight is 290 g/mol. The van der Waals surface area contributed by atoms with E-state index in [1.807, 2.05) is 12.1 Å². The summed E-state index contributed by atoms with van der Waals surface area (Å²) in [5.41, 5.74) is 2.49. The van der Waals surface area contributed by atoms with E-state index in [2.05, 4.69) is 43.3 Å². The zero-order valence-corrected chi connectivity index (χ0v) is 13.2. The van der Waals surface area contributed by atoms with Crippen molar-refractivity contribution in [1.29, 1.82) is 5.26 Å². The highest BCUT2D eigenvalue weighted by Gasteiger charge is 2.25. The summed E-state index contributed by atoms with van der Waals surface area (Å²) < 4.78 is 2.16. The Labute approximate surface area is 125 Å². The van der Waals surface area contributed by atoms with Gasteiger partial charge in [0.2, 0.25) is 0 Å². The Balaban J connectivity index is 2.61. The van der Waals surface area contributed by atoms with Gasteiger partial charge in [-0.15, -0.1) is 11.6 Å². The summed E-state index contributed by atoms with van der Waals surface area (Å²) in [5.74, 6) is 1.73. The van der Waals surface area contributed by atoms with E-state index >= 15 is 0 Å². The molecule has 0 amide bonds. The number of aromatic nitrogens is 2. The number of imidazole rings is 1. The number of halogens is 1. The minimum Gasteiger partial charge on any atom is -0.326 e. The zero-order chi connectivity index (χ0) is 14.9. The van der Waals surface area contributed by atoms with Gasteiger partial charge in [0, 0.05) is 6.54 Å². The van der Waals surface area contributed by atoms with Gasteiger partial charge in [-0.2, -0.15) is 5.26 Å². The van der Waals surface area contributed by atoms with Gasteiger partial charge in [0.05, 0.1) is 17.0 Å². The van der Waals surface area contributed by atoms with Crippen LogP contribution in [0.3, 0.4) is 0 Å². The summed E-state index contributed by atoms with van der Waals surface area (Å²) >= 11 is 6.04. The molecular weight excluding hydrogens is 270 g/mol. The Morgan fingerprint density at radius 1 is 1.40 bits per heavy atom. The van der Waals surface area contributed by atoms with Gasteiger partial charge < -0.3 is 4.57 Å². The van der Waals surface area contributed by atoms with Gasteiger partial charge in [0.25, 0.3) is 0 Å². The van der Waals surface area contributed by atoms with Crippen LogP contribution >= 0.6 is 11.6 Å². The molecule has 0 radical (unpaired) electrons. The third-order valence-corrected chi connectivity index (χ3v) is 4.47. The molecule has 0 N–H and O–H groups in total. The van der Waals surface area contributed by atoms with Crippen LogP contribution in [0.1, 0.15) is 39.1 Å². The van der Waals surface area contributed by atoms with Gasteiger partial charge in [0.15, 0.2) is 0 Å². The SMILES string of the molecule is CC(C)C(C)(C)Cn1c(CCl)nc2c(C#N)cccc21. The van der Waals surface area contributed by atoms with Crippen molar-refractivity contribution < 1.29 is 0 Å². The van der Waals surface area contributed by atoms with Crippen LogP contribution in [0.2, 0.25) is 0 Å². The molecule has 1 heterocycles. The minimum atomic E-state index is 0.136. The second kappa shape index (κ2) is 5.46. The van der Waals surface area contributed by atoms with Gasteiger partial charge in [-0.25, -0.2) is 4.98 Å². The molecule has 3 nitrogen and oxygen atoms in total. The molecule has 0 aliphatic carbocycles. The standard InChI is InChI=1S/C16H20ClN3/c1-11(2)16(3,4)10-20-13-7-5-6-12(9-18)15(13)19-14(20)8-17/h5-7,11H,8,10H2,1-4H3. The predicted molar refractivity (Wildman–Crippen MR) is 82.6 cm³/mol. The van der Waals surface area contributed by atoms with Gasteiger partial charge in [-0.05, 0) is 23.5 Å². The van der Waals surface area contributed by atoms with Crippen LogP contribution in [0.4, 0.5) is 0 Å². The van der Waals surface area contributed by atoms with E-state index in [1.165, 1.54) is 0 Å². The number of nitrogens with zero attached hydrogens (tertiary/aromatic N) is 3. The number of fused-ring (bicyclic) bond motifs is 1. The van der Waals surface area contributed by atoms with Crippen LogP contribution in [0.15, 0.2) is 18.2 Å². The number of para-hydroxylation sites is 1. The second-order valence-electron chi connectivity index (χ2n) is 6.18. The van der Waals surface area contributed by atoms with Crippen molar-refractivity contribution in [2.24, 2.45) is 11.3 Å². The molecule has 4 heteroatoms. The first-order valence-electron chi connectivity index (χ1n) is 6.85. The molecule has 2 rings (SSSR count). The highest BCUT2D eigenvalue weighted by molar-refractivity contribution is 6.16. The number of alkyl halides is 1. The molecule has 0 spiro atoms. The molecule has 0 atom stereocenters. The van der Waals surface area contributed by atoms with Crippen LogP contribution in [0.25, 0.3) is 11.0 Å². The monoisotopic (exact) mass is 289 g/mol. The number of benzene rings is 1. The second-order valence-corrected chi connectivity index (χ2v) is 6.44. The lowest BCUT2D eigenvalue weighted by molar-refractivity contribution is 0.211. The first kappa shape index (κ1) is 14.9. The molecule has 0 aliphatic heterocycles. The highest BCUT2D eigenvalue weighted by Crippen LogP contribution is 2.31. The normalized spacial score (nSPS) is 12.1. The van der Waals surface area contributed by atoms with Gasteiger partial charge in [0.1, 0.15) is 17.4 Å². The molecule has 0 unspecified atom stereocenters. The maximum atomic E-state index is 9.20. The van der Waals surface area contributed by atoms with Crippen molar-refractivity contribution >= 4 is 22.6 Å². The van der Waals surface area contributed by atoms with Gasteiger partial charge >= 0.3 is 0 Å². The van der Waals surface area contributed by atoms with E-state index < -0.39 is 0 Å². The number of hydrogen-bond acceptors (Lipinski definition) is 2. The summed E-state index contributed by atoms with van der Waals surface area (Å²) in [7, 11) is 0. The lowest BCUT2D eigenvalue weighted by Gasteiger charge is -2.30. The molecule has 0 aliphatic rings. The van der Waals surface area contributed by atoms with E-state index in [-0.39, 0.29) is 5.41 Å². The minimum absolute atomic E-state index is 0.136. The third kappa shape index (κ3) is 2.53.